The minimum Gasteiger partial charge on any atom is -0.481 e. The number of fused-ring (bicyclic) bond motifs is 1. The van der Waals surface area contributed by atoms with E-state index >= 15 is 0 Å². The first-order valence-corrected chi connectivity index (χ1v) is 6.89. The van der Waals surface area contributed by atoms with Gasteiger partial charge in [0.05, 0.1) is 18.1 Å². The molecule has 0 saturated carbocycles. The molecule has 2 rings (SSSR count). The lowest BCUT2D eigenvalue weighted by atomic mass is 9.95. The molecule has 1 amide bonds. The van der Waals surface area contributed by atoms with Crippen LogP contribution in [-0.4, -0.2) is 40.3 Å². The number of rotatable bonds is 5. The van der Waals surface area contributed by atoms with Gasteiger partial charge in [-0.15, -0.1) is 0 Å². The zero-order chi connectivity index (χ0) is 15.5. The summed E-state index contributed by atoms with van der Waals surface area (Å²) >= 11 is 0. The number of hydrogen-bond acceptors (Lipinski definition) is 4. The van der Waals surface area contributed by atoms with Crippen molar-refractivity contribution in [3.05, 3.63) is 35.4 Å². The predicted molar refractivity (Wildman–Crippen MR) is 76.7 cm³/mol. The average molecular weight is 292 g/mol. The first kappa shape index (κ1) is 15.5. The summed E-state index contributed by atoms with van der Waals surface area (Å²) in [5, 5.41) is 24.3. The van der Waals surface area contributed by atoms with E-state index in [2.05, 4.69) is 10.6 Å². The number of aliphatic carboxylic acids is 1. The lowest BCUT2D eigenvalue weighted by Crippen LogP contribution is -2.51. The Morgan fingerprint density at radius 2 is 2.05 bits per heavy atom. The lowest BCUT2D eigenvalue weighted by molar-refractivity contribution is -0.142. The highest BCUT2D eigenvalue weighted by molar-refractivity contribution is 5.82. The number of aliphatic hydroxyl groups is 1. The summed E-state index contributed by atoms with van der Waals surface area (Å²) in [5.74, 6) is -1.32. The number of carbonyl (C=O) groups is 2. The Bertz CT molecular complexity index is 542. The van der Waals surface area contributed by atoms with Gasteiger partial charge >= 0.3 is 5.97 Å². The first-order chi connectivity index (χ1) is 9.87. The van der Waals surface area contributed by atoms with Gasteiger partial charge in [-0.25, -0.2) is 0 Å². The molecule has 1 aliphatic heterocycles. The standard InChI is InChI=1S/C15H20N2O4/c1-15(21,7-13(18)19)9-17-14(20)12-6-10-4-2-3-5-11(10)8-16-12/h2-5,12,16,21H,6-9H2,1H3,(H,17,20)(H,18,19)/t12-,15?/m0/s1. The van der Waals surface area contributed by atoms with Gasteiger partial charge in [-0.3, -0.25) is 9.59 Å². The number of carboxylic acid groups (broad SMARTS) is 1. The van der Waals surface area contributed by atoms with Crippen LogP contribution in [0.3, 0.4) is 0 Å². The SMILES string of the molecule is CC(O)(CNC(=O)[C@@H]1Cc2ccccc2CN1)CC(=O)O. The highest BCUT2D eigenvalue weighted by Crippen LogP contribution is 2.16. The summed E-state index contributed by atoms with van der Waals surface area (Å²) in [4.78, 5) is 22.7. The van der Waals surface area contributed by atoms with E-state index in [4.69, 9.17) is 5.11 Å². The Labute approximate surface area is 123 Å². The summed E-state index contributed by atoms with van der Waals surface area (Å²) in [7, 11) is 0. The molecule has 1 heterocycles. The molecule has 0 bridgehead atoms. The van der Waals surface area contributed by atoms with Gasteiger partial charge in [0.2, 0.25) is 5.91 Å². The van der Waals surface area contributed by atoms with Crippen molar-refractivity contribution in [2.45, 2.75) is 38.0 Å². The van der Waals surface area contributed by atoms with Gasteiger partial charge in [0.15, 0.2) is 0 Å². The average Bonchev–Trinajstić information content (AvgIpc) is 2.43. The molecule has 4 N–H and O–H groups in total. The summed E-state index contributed by atoms with van der Waals surface area (Å²) in [6.07, 6.45) is 0.178. The van der Waals surface area contributed by atoms with Crippen molar-refractivity contribution in [1.29, 1.82) is 0 Å². The highest BCUT2D eigenvalue weighted by Gasteiger charge is 2.28. The van der Waals surface area contributed by atoms with Crippen LogP contribution in [0.4, 0.5) is 0 Å². The maximum atomic E-state index is 12.1. The van der Waals surface area contributed by atoms with Crippen LogP contribution < -0.4 is 10.6 Å². The van der Waals surface area contributed by atoms with Gasteiger partial charge in [-0.2, -0.15) is 0 Å². The van der Waals surface area contributed by atoms with E-state index in [0.717, 1.165) is 5.56 Å². The van der Waals surface area contributed by atoms with Gasteiger partial charge in [-0.05, 0) is 24.5 Å². The molecule has 0 saturated heterocycles. The Kier molecular flexibility index (Phi) is 4.59. The Balaban J connectivity index is 1.89. The van der Waals surface area contributed by atoms with Gasteiger partial charge in [0, 0.05) is 13.1 Å². The number of nitrogens with one attached hydrogen (secondary N) is 2. The van der Waals surface area contributed by atoms with E-state index in [1.54, 1.807) is 0 Å². The second-order valence-electron chi connectivity index (χ2n) is 5.69. The van der Waals surface area contributed by atoms with Crippen LogP contribution in [-0.2, 0) is 22.6 Å². The Morgan fingerprint density at radius 3 is 2.71 bits per heavy atom. The number of benzene rings is 1. The number of amides is 1. The van der Waals surface area contributed by atoms with Crippen molar-refractivity contribution in [1.82, 2.24) is 10.6 Å². The van der Waals surface area contributed by atoms with E-state index in [-0.39, 0.29) is 18.5 Å². The third kappa shape index (κ3) is 4.27. The molecule has 0 radical (unpaired) electrons. The minimum atomic E-state index is -1.45. The van der Waals surface area contributed by atoms with Crippen molar-refractivity contribution < 1.29 is 19.8 Å². The highest BCUT2D eigenvalue weighted by atomic mass is 16.4. The minimum absolute atomic E-state index is 0.0854. The molecule has 1 aliphatic rings. The smallest absolute Gasteiger partial charge is 0.306 e. The van der Waals surface area contributed by atoms with E-state index < -0.39 is 18.0 Å². The van der Waals surface area contributed by atoms with Crippen LogP contribution in [0.5, 0.6) is 0 Å². The molecule has 6 heteroatoms. The first-order valence-electron chi connectivity index (χ1n) is 6.89. The predicted octanol–water partition coefficient (Wildman–Crippen LogP) is 0.0428. The van der Waals surface area contributed by atoms with Crippen LogP contribution in [0.25, 0.3) is 0 Å². The van der Waals surface area contributed by atoms with Gasteiger partial charge in [0.1, 0.15) is 0 Å². The van der Waals surface area contributed by atoms with Crippen LogP contribution in [0.15, 0.2) is 24.3 Å². The molecular weight excluding hydrogens is 272 g/mol. The Morgan fingerprint density at radius 1 is 1.38 bits per heavy atom. The molecule has 0 fully saturated rings. The van der Waals surface area contributed by atoms with E-state index in [0.29, 0.717) is 13.0 Å². The summed E-state index contributed by atoms with van der Waals surface area (Å²) in [5.41, 5.74) is 0.863. The van der Waals surface area contributed by atoms with Crippen LogP contribution >= 0.6 is 0 Å². The fourth-order valence-corrected chi connectivity index (χ4v) is 2.43. The third-order valence-corrected chi connectivity index (χ3v) is 3.57. The molecule has 1 aromatic rings. The summed E-state index contributed by atoms with van der Waals surface area (Å²) in [6.45, 7) is 1.93. The monoisotopic (exact) mass is 292 g/mol. The quantitative estimate of drug-likeness (QED) is 0.614. The number of carbonyl (C=O) groups excluding carboxylic acids is 1. The molecule has 1 aromatic carbocycles. The molecule has 114 valence electrons. The van der Waals surface area contributed by atoms with Gasteiger partial charge < -0.3 is 20.8 Å². The van der Waals surface area contributed by atoms with Crippen molar-refractivity contribution in [2.24, 2.45) is 0 Å². The van der Waals surface area contributed by atoms with Crippen LogP contribution in [0, 0.1) is 0 Å². The van der Waals surface area contributed by atoms with Crippen LogP contribution in [0.2, 0.25) is 0 Å². The molecule has 0 spiro atoms. The molecule has 2 atom stereocenters. The summed E-state index contributed by atoms with van der Waals surface area (Å²) < 4.78 is 0. The zero-order valence-corrected chi connectivity index (χ0v) is 11.9. The second-order valence-corrected chi connectivity index (χ2v) is 5.69. The van der Waals surface area contributed by atoms with Crippen LogP contribution in [0.1, 0.15) is 24.5 Å². The van der Waals surface area contributed by atoms with Crippen molar-refractivity contribution in [3.8, 4) is 0 Å². The van der Waals surface area contributed by atoms with E-state index in [1.807, 2.05) is 24.3 Å². The maximum absolute atomic E-state index is 12.1. The van der Waals surface area contributed by atoms with E-state index in [1.165, 1.54) is 12.5 Å². The largest absolute Gasteiger partial charge is 0.481 e. The van der Waals surface area contributed by atoms with Crippen molar-refractivity contribution in [3.63, 3.8) is 0 Å². The Hall–Kier alpha value is -1.92. The van der Waals surface area contributed by atoms with Gasteiger partial charge in [-0.1, -0.05) is 24.3 Å². The molecule has 21 heavy (non-hydrogen) atoms. The topological polar surface area (TPSA) is 98.7 Å². The zero-order valence-electron chi connectivity index (χ0n) is 11.9. The number of carboxylic acids is 1. The van der Waals surface area contributed by atoms with Gasteiger partial charge in [0.25, 0.3) is 0 Å². The second kappa shape index (κ2) is 6.24. The molecular formula is C15H20N2O4. The maximum Gasteiger partial charge on any atom is 0.306 e. The van der Waals surface area contributed by atoms with Crippen molar-refractivity contribution >= 4 is 11.9 Å². The number of hydrogen-bond donors (Lipinski definition) is 4. The lowest BCUT2D eigenvalue weighted by Gasteiger charge is -2.27. The molecule has 0 aromatic heterocycles. The molecule has 1 unspecified atom stereocenters. The summed E-state index contributed by atoms with van der Waals surface area (Å²) in [6, 6.07) is 7.56. The van der Waals surface area contributed by atoms with Crippen molar-refractivity contribution in [2.75, 3.05) is 6.54 Å². The van der Waals surface area contributed by atoms with E-state index in [9.17, 15) is 14.7 Å². The fraction of sp³-hybridized carbons (Fsp3) is 0.467. The fourth-order valence-electron chi connectivity index (χ4n) is 2.43. The molecule has 0 aliphatic carbocycles. The normalized spacial score (nSPS) is 20.2. The molecule has 6 nitrogen and oxygen atoms in total. The third-order valence-electron chi connectivity index (χ3n) is 3.57.